The van der Waals surface area contributed by atoms with Crippen LogP contribution < -0.4 is 4.74 Å². The van der Waals surface area contributed by atoms with Gasteiger partial charge >= 0.3 is 5.97 Å². The first-order chi connectivity index (χ1) is 16.4. The molecule has 0 spiro atoms. The van der Waals surface area contributed by atoms with E-state index >= 15 is 0 Å². The first-order valence-electron chi connectivity index (χ1n) is 11.9. The highest BCUT2D eigenvalue weighted by Crippen LogP contribution is 2.65. The van der Waals surface area contributed by atoms with Gasteiger partial charge in [0.1, 0.15) is 11.8 Å². The summed E-state index contributed by atoms with van der Waals surface area (Å²) in [5, 5.41) is 0. The molecule has 0 N–H and O–H groups in total. The van der Waals surface area contributed by atoms with Gasteiger partial charge in [-0.1, -0.05) is 42.5 Å². The van der Waals surface area contributed by atoms with E-state index in [1.54, 1.807) is 24.3 Å². The number of amides is 2. The Balaban J connectivity index is 1.30. The van der Waals surface area contributed by atoms with Gasteiger partial charge in [-0.15, -0.1) is 0 Å². The summed E-state index contributed by atoms with van der Waals surface area (Å²) in [6.45, 7) is 1.47. The Morgan fingerprint density at radius 1 is 0.912 bits per heavy atom. The molecule has 0 aromatic heterocycles. The van der Waals surface area contributed by atoms with Crippen LogP contribution in [0.4, 0.5) is 0 Å². The van der Waals surface area contributed by atoms with Crippen LogP contribution in [0.25, 0.3) is 0 Å². The molecule has 5 aliphatic rings. The van der Waals surface area contributed by atoms with Crippen LogP contribution in [0.15, 0.2) is 66.7 Å². The maximum Gasteiger partial charge on any atom is 0.335 e. The van der Waals surface area contributed by atoms with Crippen molar-refractivity contribution in [3.8, 4) is 5.75 Å². The molecule has 34 heavy (non-hydrogen) atoms. The quantitative estimate of drug-likeness (QED) is 0.219. The van der Waals surface area contributed by atoms with Gasteiger partial charge in [-0.05, 0) is 66.8 Å². The van der Waals surface area contributed by atoms with Gasteiger partial charge in [0, 0.05) is 12.0 Å². The van der Waals surface area contributed by atoms with Crippen LogP contribution in [-0.2, 0) is 20.8 Å². The number of hydrogen-bond donors (Lipinski definition) is 0. The predicted octanol–water partition coefficient (Wildman–Crippen LogP) is 3.46. The lowest BCUT2D eigenvalue weighted by molar-refractivity contribution is -0.153. The largest absolute Gasteiger partial charge is 0.425 e. The molecule has 3 fully saturated rings. The Hall–Kier alpha value is -3.54. The van der Waals surface area contributed by atoms with Crippen molar-refractivity contribution in [2.45, 2.75) is 25.8 Å². The lowest BCUT2D eigenvalue weighted by atomic mass is 9.63. The lowest BCUT2D eigenvalue weighted by Crippen LogP contribution is -2.48. The normalized spacial score (nSPS) is 31.1. The highest BCUT2D eigenvalue weighted by atomic mass is 16.5. The van der Waals surface area contributed by atoms with Crippen LogP contribution in [0, 0.1) is 35.5 Å². The Kier molecular flexibility index (Phi) is 4.80. The molecule has 1 saturated heterocycles. The molecule has 0 unspecified atom stereocenters. The zero-order valence-electron chi connectivity index (χ0n) is 18.8. The SMILES string of the molecule is CC(=O)c1ccc(OC(=O)[C@@H](Cc2ccccc2)N2C(=O)[C@@H]3[C@@H]4C=C[C@H]([C@H]5C[C@H]45)[C@@H]3C2=O)cc1. The summed E-state index contributed by atoms with van der Waals surface area (Å²) in [6.07, 6.45) is 5.52. The molecule has 7 rings (SSSR count). The summed E-state index contributed by atoms with van der Waals surface area (Å²) in [7, 11) is 0. The van der Waals surface area contributed by atoms with Crippen molar-refractivity contribution in [1.82, 2.24) is 4.90 Å². The Morgan fingerprint density at radius 3 is 2.06 bits per heavy atom. The summed E-state index contributed by atoms with van der Waals surface area (Å²) >= 11 is 0. The van der Waals surface area contributed by atoms with Gasteiger partial charge in [-0.3, -0.25) is 19.3 Å². The van der Waals surface area contributed by atoms with Crippen molar-refractivity contribution in [2.24, 2.45) is 35.5 Å². The third-order valence-electron chi connectivity index (χ3n) is 8.03. The minimum absolute atomic E-state index is 0.0861. The number of carbonyl (C=O) groups excluding carboxylic acids is 4. The van der Waals surface area contributed by atoms with E-state index in [1.807, 2.05) is 30.3 Å². The highest BCUT2D eigenvalue weighted by molar-refractivity contribution is 6.09. The second-order valence-electron chi connectivity index (χ2n) is 9.91. The van der Waals surface area contributed by atoms with Gasteiger partial charge in [0.25, 0.3) is 0 Å². The van der Waals surface area contributed by atoms with Crippen molar-refractivity contribution < 1.29 is 23.9 Å². The zero-order valence-corrected chi connectivity index (χ0v) is 18.8. The van der Waals surface area contributed by atoms with Crippen molar-refractivity contribution in [3.63, 3.8) is 0 Å². The molecule has 2 aromatic rings. The molecular weight excluding hydrogens is 430 g/mol. The van der Waals surface area contributed by atoms with E-state index in [-0.39, 0.29) is 53.4 Å². The molecule has 2 aromatic carbocycles. The van der Waals surface area contributed by atoms with E-state index in [9.17, 15) is 19.2 Å². The molecule has 6 heteroatoms. The monoisotopic (exact) mass is 455 g/mol. The van der Waals surface area contributed by atoms with E-state index in [2.05, 4.69) is 12.2 Å². The van der Waals surface area contributed by atoms with Gasteiger partial charge in [0.2, 0.25) is 11.8 Å². The van der Waals surface area contributed by atoms with E-state index in [0.29, 0.717) is 17.4 Å². The van der Waals surface area contributed by atoms with E-state index in [1.165, 1.54) is 11.8 Å². The van der Waals surface area contributed by atoms with Crippen molar-refractivity contribution in [1.29, 1.82) is 0 Å². The fourth-order valence-corrected chi connectivity index (χ4v) is 6.35. The summed E-state index contributed by atoms with van der Waals surface area (Å²) in [4.78, 5) is 53.4. The Bertz CT molecular complexity index is 1180. The number of carbonyl (C=O) groups is 4. The zero-order chi connectivity index (χ0) is 23.6. The second-order valence-corrected chi connectivity index (χ2v) is 9.91. The number of likely N-dealkylation sites (tertiary alicyclic amines) is 1. The summed E-state index contributed by atoms with van der Waals surface area (Å²) in [6, 6.07) is 14.6. The number of nitrogens with zero attached hydrogens (tertiary/aromatic N) is 1. The average molecular weight is 456 g/mol. The number of ketones is 1. The maximum atomic E-state index is 13.6. The summed E-state index contributed by atoms with van der Waals surface area (Å²) in [5.74, 6) is -0.523. The fraction of sp³-hybridized carbons (Fsp3) is 0.357. The van der Waals surface area contributed by atoms with Gasteiger partial charge in [0.15, 0.2) is 5.78 Å². The number of benzene rings is 2. The van der Waals surface area contributed by atoms with Crippen LogP contribution in [-0.4, -0.2) is 34.5 Å². The number of imide groups is 1. The topological polar surface area (TPSA) is 80.8 Å². The first kappa shape index (κ1) is 21.0. The molecule has 2 amide bonds. The number of hydrogen-bond acceptors (Lipinski definition) is 5. The molecule has 2 bridgehead atoms. The van der Waals surface area contributed by atoms with Crippen LogP contribution in [0.3, 0.4) is 0 Å². The van der Waals surface area contributed by atoms with Gasteiger partial charge < -0.3 is 4.74 Å². The van der Waals surface area contributed by atoms with Crippen LogP contribution in [0.2, 0.25) is 0 Å². The molecule has 2 saturated carbocycles. The molecule has 1 heterocycles. The molecule has 4 aliphatic carbocycles. The maximum absolute atomic E-state index is 13.6. The first-order valence-corrected chi connectivity index (χ1v) is 11.9. The van der Waals surface area contributed by atoms with Gasteiger partial charge in [-0.25, -0.2) is 4.79 Å². The van der Waals surface area contributed by atoms with Crippen molar-refractivity contribution in [3.05, 3.63) is 77.9 Å². The fourth-order valence-electron chi connectivity index (χ4n) is 6.35. The number of allylic oxidation sites excluding steroid dienone is 2. The van der Waals surface area contributed by atoms with E-state index < -0.39 is 12.0 Å². The highest BCUT2D eigenvalue weighted by Gasteiger charge is 2.68. The summed E-state index contributed by atoms with van der Waals surface area (Å²) in [5.41, 5.74) is 1.35. The molecule has 1 aliphatic heterocycles. The molecular formula is C28H25NO5. The minimum Gasteiger partial charge on any atom is -0.425 e. The summed E-state index contributed by atoms with van der Waals surface area (Å²) < 4.78 is 5.63. The Morgan fingerprint density at radius 2 is 1.50 bits per heavy atom. The van der Waals surface area contributed by atoms with Gasteiger partial charge in [-0.2, -0.15) is 0 Å². The molecule has 6 nitrogen and oxygen atoms in total. The van der Waals surface area contributed by atoms with Crippen molar-refractivity contribution in [2.75, 3.05) is 0 Å². The van der Waals surface area contributed by atoms with Crippen LogP contribution in [0.5, 0.6) is 5.75 Å². The third-order valence-corrected chi connectivity index (χ3v) is 8.03. The second kappa shape index (κ2) is 7.76. The van der Waals surface area contributed by atoms with E-state index in [4.69, 9.17) is 4.74 Å². The molecule has 7 atom stereocenters. The predicted molar refractivity (Wildman–Crippen MR) is 123 cm³/mol. The standard InChI is InChI=1S/C28H25NO5/c1-15(30)17-7-9-18(10-8-17)34-28(33)23(13-16-5-3-2-4-6-16)29-26(31)24-19-11-12-20(22-14-21(19)22)25(24)27(29)32/h2-12,19-25H,13-14H2,1H3/t19-,20-,21-,22-,23-,24-,25+/m1/s1. The average Bonchev–Trinajstić information content (AvgIpc) is 3.62. The number of Topliss-reactive ketones (excluding diaryl/α,β-unsaturated/α-hetero) is 1. The van der Waals surface area contributed by atoms with Gasteiger partial charge in [0.05, 0.1) is 11.8 Å². The molecule has 172 valence electrons. The van der Waals surface area contributed by atoms with E-state index in [0.717, 1.165) is 12.0 Å². The smallest absolute Gasteiger partial charge is 0.335 e. The van der Waals surface area contributed by atoms with Crippen molar-refractivity contribution >= 4 is 23.6 Å². The molecule has 0 radical (unpaired) electrons. The lowest BCUT2D eigenvalue weighted by Gasteiger charge is -2.37. The third kappa shape index (κ3) is 3.23. The van der Waals surface area contributed by atoms with Crippen LogP contribution in [0.1, 0.15) is 29.3 Å². The Labute approximate surface area is 197 Å². The minimum atomic E-state index is -1.05. The number of rotatable bonds is 6. The number of esters is 1. The number of ether oxygens (including phenoxy) is 1. The van der Waals surface area contributed by atoms with Crippen LogP contribution >= 0.6 is 0 Å².